The van der Waals surface area contributed by atoms with Crippen LogP contribution in [0, 0.1) is 22.0 Å². The quantitative estimate of drug-likeness (QED) is 0.284. The fourth-order valence-electron chi connectivity index (χ4n) is 4.68. The zero-order valence-corrected chi connectivity index (χ0v) is 18.2. The second-order valence-electron chi connectivity index (χ2n) is 7.80. The molecular weight excluding hydrogens is 471 g/mol. The van der Waals surface area contributed by atoms with Gasteiger partial charge >= 0.3 is 0 Å². The third-order valence-electron chi connectivity index (χ3n) is 6.05. The first-order valence-corrected chi connectivity index (χ1v) is 10.7. The van der Waals surface area contributed by atoms with Gasteiger partial charge in [0.25, 0.3) is 5.69 Å². The molecule has 2 fully saturated rings. The average Bonchev–Trinajstić information content (AvgIpc) is 3.27. The number of fused-ring (bicyclic) bond motifs is 3. The van der Waals surface area contributed by atoms with Gasteiger partial charge in [0.2, 0.25) is 11.8 Å². The molecule has 2 aromatic rings. The number of Topliss-reactive ketones (excluding diaryl/α,β-unsaturated/α-hetero) is 1. The summed E-state index contributed by atoms with van der Waals surface area (Å²) in [5, 5.41) is 17.3. The second-order valence-corrected chi connectivity index (χ2v) is 8.64. The van der Waals surface area contributed by atoms with Crippen LogP contribution in [-0.4, -0.2) is 45.8 Å². The molecular formula is C22H14Cl2N4O5. The van der Waals surface area contributed by atoms with Gasteiger partial charge in [0, 0.05) is 28.9 Å². The Balaban J connectivity index is 1.59. The fourth-order valence-corrected chi connectivity index (χ4v) is 5.17. The number of nitro benzene ring substituents is 1. The number of ketones is 1. The Bertz CT molecular complexity index is 1290. The predicted molar refractivity (Wildman–Crippen MR) is 120 cm³/mol. The van der Waals surface area contributed by atoms with E-state index in [9.17, 15) is 24.5 Å². The molecule has 0 radical (unpaired) electrons. The number of hydrogen-bond acceptors (Lipinski definition) is 7. The van der Waals surface area contributed by atoms with Gasteiger partial charge in [-0.05, 0) is 24.3 Å². The van der Waals surface area contributed by atoms with E-state index in [1.165, 1.54) is 47.6 Å². The molecule has 33 heavy (non-hydrogen) atoms. The molecule has 3 heterocycles. The van der Waals surface area contributed by atoms with E-state index in [1.807, 2.05) is 0 Å². The number of carbonyl (C=O) groups is 3. The molecule has 0 saturated carbocycles. The number of benzene rings is 2. The van der Waals surface area contributed by atoms with Crippen molar-refractivity contribution in [1.29, 1.82) is 0 Å². The van der Waals surface area contributed by atoms with Gasteiger partial charge in [0.05, 0.1) is 33.5 Å². The first kappa shape index (κ1) is 21.3. The number of imide groups is 1. The highest BCUT2D eigenvalue weighted by Crippen LogP contribution is 2.47. The summed E-state index contributed by atoms with van der Waals surface area (Å²) < 4.78 is 0. The molecule has 166 valence electrons. The summed E-state index contributed by atoms with van der Waals surface area (Å²) in [6, 6.07) is 7.95. The molecule has 2 saturated heterocycles. The first-order valence-electron chi connectivity index (χ1n) is 9.90. The molecule has 0 aromatic heterocycles. The Hall–Kier alpha value is -3.56. The van der Waals surface area contributed by atoms with Gasteiger partial charge in [0.15, 0.2) is 5.78 Å². The number of amides is 2. The Kier molecular flexibility index (Phi) is 5.02. The molecule has 0 spiro atoms. The van der Waals surface area contributed by atoms with Crippen molar-refractivity contribution in [2.75, 3.05) is 4.90 Å². The lowest BCUT2D eigenvalue weighted by atomic mass is 9.86. The Morgan fingerprint density at radius 3 is 2.55 bits per heavy atom. The van der Waals surface area contributed by atoms with Gasteiger partial charge in [-0.15, -0.1) is 0 Å². The topological polar surface area (TPSA) is 113 Å². The van der Waals surface area contributed by atoms with Gasteiger partial charge in [-0.3, -0.25) is 29.5 Å². The van der Waals surface area contributed by atoms with E-state index in [2.05, 4.69) is 5.10 Å². The highest BCUT2D eigenvalue weighted by molar-refractivity contribution is 6.38. The van der Waals surface area contributed by atoms with Crippen molar-refractivity contribution in [2.45, 2.75) is 12.1 Å². The summed E-state index contributed by atoms with van der Waals surface area (Å²) in [5.74, 6) is -3.53. The Morgan fingerprint density at radius 1 is 1.06 bits per heavy atom. The van der Waals surface area contributed by atoms with Crippen molar-refractivity contribution in [2.24, 2.45) is 16.9 Å². The van der Waals surface area contributed by atoms with Crippen molar-refractivity contribution in [1.82, 2.24) is 5.01 Å². The largest absolute Gasteiger partial charge is 0.292 e. The minimum absolute atomic E-state index is 0.0570. The van der Waals surface area contributed by atoms with Crippen LogP contribution in [0.25, 0.3) is 0 Å². The number of nitro groups is 1. The summed E-state index contributed by atoms with van der Waals surface area (Å²) in [4.78, 5) is 52.1. The molecule has 0 aliphatic carbocycles. The van der Waals surface area contributed by atoms with E-state index >= 15 is 0 Å². The number of allylic oxidation sites excluding steroid dienone is 1. The monoisotopic (exact) mass is 484 g/mol. The summed E-state index contributed by atoms with van der Waals surface area (Å²) in [6.45, 7) is 0. The lowest BCUT2D eigenvalue weighted by molar-refractivity contribution is -0.384. The molecule has 3 aliphatic heterocycles. The van der Waals surface area contributed by atoms with Crippen LogP contribution in [0.4, 0.5) is 11.4 Å². The maximum Gasteiger partial charge on any atom is 0.270 e. The Labute approximate surface area is 197 Å². The molecule has 2 aromatic carbocycles. The van der Waals surface area contributed by atoms with Gasteiger partial charge in [0.1, 0.15) is 6.04 Å². The molecule has 0 unspecified atom stereocenters. The standard InChI is InChI=1S/C22H14Cl2N4O5/c23-12-6-7-15(14(24)10-12)26-21(30)17-16-5-2-8-25-27(16)19(18(17)22(26)31)20(29)11-3-1-4-13(9-11)28(32)33/h1-10,16-19H/t16-,17-,18+,19-/m0/s1. The predicted octanol–water partition coefficient (Wildman–Crippen LogP) is 3.50. The number of hydrazone groups is 1. The van der Waals surface area contributed by atoms with Gasteiger partial charge in [-0.25, -0.2) is 4.90 Å². The van der Waals surface area contributed by atoms with E-state index in [4.69, 9.17) is 23.2 Å². The number of hydrogen-bond donors (Lipinski definition) is 0. The van der Waals surface area contributed by atoms with E-state index in [0.29, 0.717) is 5.02 Å². The van der Waals surface area contributed by atoms with Crippen molar-refractivity contribution in [3.8, 4) is 0 Å². The van der Waals surface area contributed by atoms with Crippen LogP contribution in [0.15, 0.2) is 59.7 Å². The highest BCUT2D eigenvalue weighted by atomic mass is 35.5. The van der Waals surface area contributed by atoms with Crippen molar-refractivity contribution < 1.29 is 19.3 Å². The molecule has 5 rings (SSSR count). The summed E-state index contributed by atoms with van der Waals surface area (Å²) in [5.41, 5.74) is -0.0131. The van der Waals surface area contributed by atoms with E-state index in [-0.39, 0.29) is 22.0 Å². The molecule has 9 nitrogen and oxygen atoms in total. The van der Waals surface area contributed by atoms with Crippen molar-refractivity contribution in [3.63, 3.8) is 0 Å². The summed E-state index contributed by atoms with van der Waals surface area (Å²) >= 11 is 12.2. The SMILES string of the molecule is O=C(c1cccc([N+](=O)[O-])c1)[C@@H]1[C@@H]2C(=O)N(c3ccc(Cl)cc3Cl)C(=O)[C@H]2[C@@H]2C=CC=NN12. The minimum atomic E-state index is -1.12. The molecule has 2 amide bonds. The molecule has 3 aliphatic rings. The van der Waals surface area contributed by atoms with Crippen molar-refractivity contribution in [3.05, 3.63) is 80.3 Å². The molecule has 11 heteroatoms. The third kappa shape index (κ3) is 3.23. The van der Waals surface area contributed by atoms with Crippen LogP contribution < -0.4 is 4.90 Å². The fraction of sp³-hybridized carbons (Fsp3) is 0.182. The van der Waals surface area contributed by atoms with Crippen LogP contribution in [-0.2, 0) is 9.59 Å². The smallest absolute Gasteiger partial charge is 0.270 e. The van der Waals surface area contributed by atoms with Gasteiger partial charge in [-0.2, -0.15) is 5.10 Å². The van der Waals surface area contributed by atoms with E-state index in [0.717, 1.165) is 11.0 Å². The summed E-state index contributed by atoms with van der Waals surface area (Å²) in [6.07, 6.45) is 4.83. The van der Waals surface area contributed by atoms with Crippen LogP contribution in [0.5, 0.6) is 0 Å². The lowest BCUT2D eigenvalue weighted by Gasteiger charge is -2.30. The van der Waals surface area contributed by atoms with Crippen LogP contribution in [0.3, 0.4) is 0 Å². The first-order chi connectivity index (χ1) is 15.8. The zero-order valence-electron chi connectivity index (χ0n) is 16.7. The number of rotatable bonds is 4. The number of carbonyl (C=O) groups excluding carboxylic acids is 3. The van der Waals surface area contributed by atoms with E-state index < -0.39 is 46.4 Å². The maximum absolute atomic E-state index is 13.6. The second kappa shape index (κ2) is 7.79. The normalized spacial score (nSPS) is 25.4. The summed E-state index contributed by atoms with van der Waals surface area (Å²) in [7, 11) is 0. The highest BCUT2D eigenvalue weighted by Gasteiger charge is 2.64. The molecule has 0 N–H and O–H groups in total. The molecule has 4 atom stereocenters. The maximum atomic E-state index is 13.6. The minimum Gasteiger partial charge on any atom is -0.292 e. The third-order valence-corrected chi connectivity index (χ3v) is 6.59. The van der Waals surface area contributed by atoms with E-state index in [1.54, 1.807) is 12.2 Å². The zero-order chi connectivity index (χ0) is 23.4. The van der Waals surface area contributed by atoms with Crippen molar-refractivity contribution >= 4 is 58.4 Å². The number of non-ortho nitro benzene ring substituents is 1. The average molecular weight is 485 g/mol. The number of anilines is 1. The lowest BCUT2D eigenvalue weighted by Crippen LogP contribution is -2.46. The van der Waals surface area contributed by atoms with Gasteiger partial charge in [-0.1, -0.05) is 41.4 Å². The number of nitrogens with zero attached hydrogens (tertiary/aromatic N) is 4. The number of halogens is 2. The van der Waals surface area contributed by atoms with Crippen LogP contribution >= 0.6 is 23.2 Å². The molecule has 0 bridgehead atoms. The Morgan fingerprint density at radius 2 is 1.82 bits per heavy atom. The van der Waals surface area contributed by atoms with Crippen LogP contribution in [0.2, 0.25) is 10.0 Å². The van der Waals surface area contributed by atoms with Crippen LogP contribution in [0.1, 0.15) is 10.4 Å². The van der Waals surface area contributed by atoms with Gasteiger partial charge < -0.3 is 0 Å².